The highest BCUT2D eigenvalue weighted by Crippen LogP contribution is 2.27. The van der Waals surface area contributed by atoms with Gasteiger partial charge in [0.25, 0.3) is 0 Å². The lowest BCUT2D eigenvalue weighted by molar-refractivity contribution is 0.0806. The predicted octanol–water partition coefficient (Wildman–Crippen LogP) is 4.52. The van der Waals surface area contributed by atoms with Crippen LogP contribution in [0.25, 0.3) is 11.0 Å². The number of hydrogen-bond acceptors (Lipinski definition) is 5. The van der Waals surface area contributed by atoms with Gasteiger partial charge in [0.15, 0.2) is 0 Å². The van der Waals surface area contributed by atoms with Gasteiger partial charge >= 0.3 is 0 Å². The Balaban J connectivity index is 1.54. The van der Waals surface area contributed by atoms with E-state index in [2.05, 4.69) is 36.0 Å². The zero-order valence-corrected chi connectivity index (χ0v) is 18.1. The van der Waals surface area contributed by atoms with Crippen molar-refractivity contribution in [3.05, 3.63) is 76.7 Å². The van der Waals surface area contributed by atoms with Crippen molar-refractivity contribution in [2.24, 2.45) is 0 Å². The third-order valence-corrected chi connectivity index (χ3v) is 5.47. The van der Waals surface area contributed by atoms with E-state index in [0.29, 0.717) is 26.2 Å². The van der Waals surface area contributed by atoms with Crippen LogP contribution in [0.4, 0.5) is 0 Å². The van der Waals surface area contributed by atoms with Gasteiger partial charge in [0.2, 0.25) is 0 Å². The van der Waals surface area contributed by atoms with Crippen molar-refractivity contribution in [1.29, 1.82) is 0 Å². The van der Waals surface area contributed by atoms with Gasteiger partial charge in [-0.05, 0) is 63.6 Å². The Labute approximate surface area is 176 Å². The lowest BCUT2D eigenvalue weighted by atomic mass is 10.1. The molecule has 3 heterocycles. The number of rotatable bonds is 8. The number of nitrogens with zero attached hydrogens (tertiary/aromatic N) is 3. The molecule has 0 amide bonds. The van der Waals surface area contributed by atoms with Gasteiger partial charge in [-0.1, -0.05) is 11.6 Å². The lowest BCUT2D eigenvalue weighted by Gasteiger charge is -2.24. The highest BCUT2D eigenvalue weighted by atomic mass is 16.3. The van der Waals surface area contributed by atoms with Crippen LogP contribution in [0.2, 0.25) is 0 Å². The number of fused-ring (bicyclic) bond motifs is 1. The summed E-state index contributed by atoms with van der Waals surface area (Å²) in [5.74, 6) is 1.78. The number of aliphatic hydroxyl groups excluding tert-OH is 1. The van der Waals surface area contributed by atoms with Gasteiger partial charge in [-0.2, -0.15) is 5.10 Å². The molecule has 0 radical (unpaired) electrons. The highest BCUT2D eigenvalue weighted by Gasteiger charge is 2.19. The normalized spacial score (nSPS) is 12.9. The molecule has 30 heavy (non-hydrogen) atoms. The van der Waals surface area contributed by atoms with Crippen LogP contribution < -0.4 is 0 Å². The van der Waals surface area contributed by atoms with E-state index in [-0.39, 0.29) is 0 Å². The molecule has 1 N–H and O–H groups in total. The van der Waals surface area contributed by atoms with Crippen LogP contribution in [0, 0.1) is 27.7 Å². The first-order valence-corrected chi connectivity index (χ1v) is 10.3. The van der Waals surface area contributed by atoms with Crippen molar-refractivity contribution < 1.29 is 13.9 Å². The second-order valence-corrected chi connectivity index (χ2v) is 8.16. The average molecular weight is 408 g/mol. The predicted molar refractivity (Wildman–Crippen MR) is 116 cm³/mol. The maximum Gasteiger partial charge on any atom is 0.134 e. The van der Waals surface area contributed by atoms with Gasteiger partial charge in [-0.15, -0.1) is 0 Å². The Kier molecular flexibility index (Phi) is 5.79. The van der Waals surface area contributed by atoms with Gasteiger partial charge in [-0.25, -0.2) is 0 Å². The van der Waals surface area contributed by atoms with Crippen molar-refractivity contribution in [2.75, 3.05) is 6.54 Å². The summed E-state index contributed by atoms with van der Waals surface area (Å²) in [7, 11) is 0. The second-order valence-electron chi connectivity index (χ2n) is 8.16. The van der Waals surface area contributed by atoms with Crippen molar-refractivity contribution in [2.45, 2.75) is 53.4 Å². The number of benzene rings is 1. The molecule has 1 aromatic carbocycles. The first-order chi connectivity index (χ1) is 14.4. The smallest absolute Gasteiger partial charge is 0.134 e. The number of hydrogen-bond donors (Lipinski definition) is 1. The minimum Gasteiger partial charge on any atom is -0.468 e. The van der Waals surface area contributed by atoms with E-state index in [4.69, 9.17) is 8.83 Å². The summed E-state index contributed by atoms with van der Waals surface area (Å²) in [6.07, 6.45) is 1.11. The van der Waals surface area contributed by atoms with Crippen molar-refractivity contribution in [3.63, 3.8) is 0 Å². The monoisotopic (exact) mass is 407 g/mol. The zero-order chi connectivity index (χ0) is 21.3. The molecule has 0 saturated carbocycles. The average Bonchev–Trinajstić information content (AvgIpc) is 3.37. The lowest BCUT2D eigenvalue weighted by Crippen LogP contribution is -2.34. The maximum absolute atomic E-state index is 10.8. The summed E-state index contributed by atoms with van der Waals surface area (Å²) >= 11 is 0. The summed E-state index contributed by atoms with van der Waals surface area (Å²) < 4.78 is 13.6. The molecule has 0 aliphatic carbocycles. The molecule has 1 atom stereocenters. The molecule has 0 fully saturated rings. The van der Waals surface area contributed by atoms with Crippen LogP contribution in [0.5, 0.6) is 0 Å². The molecule has 4 aromatic rings. The molecule has 4 rings (SSSR count). The molecule has 0 unspecified atom stereocenters. The van der Waals surface area contributed by atoms with Gasteiger partial charge in [0.05, 0.1) is 37.7 Å². The van der Waals surface area contributed by atoms with Crippen molar-refractivity contribution in [3.8, 4) is 0 Å². The summed E-state index contributed by atoms with van der Waals surface area (Å²) in [5, 5.41) is 16.4. The third-order valence-electron chi connectivity index (χ3n) is 5.47. The van der Waals surface area contributed by atoms with Crippen LogP contribution in [0.1, 0.15) is 34.0 Å². The Morgan fingerprint density at radius 3 is 2.63 bits per heavy atom. The first-order valence-electron chi connectivity index (χ1n) is 10.3. The van der Waals surface area contributed by atoms with Gasteiger partial charge in [0.1, 0.15) is 17.1 Å². The number of furan rings is 2. The molecule has 0 aliphatic heterocycles. The molecule has 158 valence electrons. The molecular formula is C24H29N3O3. The highest BCUT2D eigenvalue weighted by molar-refractivity contribution is 5.82. The fourth-order valence-corrected chi connectivity index (χ4v) is 3.96. The Bertz CT molecular complexity index is 1120. The van der Waals surface area contributed by atoms with Gasteiger partial charge in [0, 0.05) is 17.6 Å². The third kappa shape index (κ3) is 4.50. The van der Waals surface area contributed by atoms with E-state index in [1.165, 1.54) is 5.56 Å². The molecular weight excluding hydrogens is 378 g/mol. The van der Waals surface area contributed by atoms with Crippen LogP contribution in [-0.4, -0.2) is 32.4 Å². The maximum atomic E-state index is 10.8. The minimum atomic E-state index is -0.565. The second kappa shape index (κ2) is 8.50. The molecule has 0 saturated heterocycles. The van der Waals surface area contributed by atoms with E-state index >= 15 is 0 Å². The van der Waals surface area contributed by atoms with E-state index < -0.39 is 6.10 Å². The van der Waals surface area contributed by atoms with E-state index in [1.807, 2.05) is 42.8 Å². The molecule has 0 bridgehead atoms. The van der Waals surface area contributed by atoms with Crippen LogP contribution >= 0.6 is 0 Å². The van der Waals surface area contributed by atoms with E-state index in [9.17, 15) is 5.11 Å². The van der Waals surface area contributed by atoms with Gasteiger partial charge < -0.3 is 13.9 Å². The largest absolute Gasteiger partial charge is 0.468 e. The topological polar surface area (TPSA) is 67.6 Å². The van der Waals surface area contributed by atoms with Crippen LogP contribution in [0.15, 0.2) is 51.5 Å². The molecule has 3 aromatic heterocycles. The fourth-order valence-electron chi connectivity index (χ4n) is 3.96. The first kappa shape index (κ1) is 20.4. The minimum absolute atomic E-state index is 0.451. The van der Waals surface area contributed by atoms with Gasteiger partial charge in [-0.3, -0.25) is 9.58 Å². The molecule has 0 spiro atoms. The molecule has 6 heteroatoms. The number of aromatic nitrogens is 2. The summed E-state index contributed by atoms with van der Waals surface area (Å²) in [4.78, 5) is 2.16. The van der Waals surface area contributed by atoms with E-state index in [1.54, 1.807) is 6.26 Å². The Morgan fingerprint density at radius 2 is 1.93 bits per heavy atom. The Morgan fingerprint density at radius 1 is 1.10 bits per heavy atom. The summed E-state index contributed by atoms with van der Waals surface area (Å²) in [5.41, 5.74) is 5.26. The van der Waals surface area contributed by atoms with E-state index in [0.717, 1.165) is 39.4 Å². The summed E-state index contributed by atoms with van der Waals surface area (Å²) in [6.45, 7) is 10.3. The summed E-state index contributed by atoms with van der Waals surface area (Å²) in [6, 6.07) is 12.1. The Hall–Kier alpha value is -2.83. The molecule has 0 aliphatic rings. The zero-order valence-electron chi connectivity index (χ0n) is 18.1. The number of aryl methyl sites for hydroxylation is 4. The molecule has 6 nitrogen and oxygen atoms in total. The van der Waals surface area contributed by atoms with Crippen LogP contribution in [0.3, 0.4) is 0 Å². The van der Waals surface area contributed by atoms with Crippen LogP contribution in [-0.2, 0) is 19.6 Å². The fraction of sp³-hybridized carbons (Fsp3) is 0.375. The quantitative estimate of drug-likeness (QED) is 0.465. The van der Waals surface area contributed by atoms with Crippen molar-refractivity contribution in [1.82, 2.24) is 14.7 Å². The SMILES string of the molecule is Cc1ccc2oc(CN(Cc3ccco3)C[C@H](O)Cn3nc(C)cc3C)c(C)c2c1. The standard InChI is InChI=1S/C24H29N3O3/c1-16-7-8-23-22(10-16)19(4)24(30-23)15-26(14-21-6-5-9-29-21)12-20(28)13-27-18(3)11-17(2)25-27/h5-11,20,28H,12-15H2,1-4H3/t20-/m0/s1. The number of aliphatic hydroxyl groups is 1. The van der Waals surface area contributed by atoms with Crippen molar-refractivity contribution >= 4 is 11.0 Å².